The lowest BCUT2D eigenvalue weighted by atomic mass is 9.97. The van der Waals surface area contributed by atoms with Gasteiger partial charge in [-0.1, -0.05) is 32.0 Å². The van der Waals surface area contributed by atoms with Crippen LogP contribution in [-0.4, -0.2) is 51.3 Å². The number of hydrogen-bond donors (Lipinski definition) is 0. The van der Waals surface area contributed by atoms with Crippen LogP contribution >= 0.6 is 7.14 Å². The maximum absolute atomic E-state index is 13.6. The zero-order valence-corrected chi connectivity index (χ0v) is 21.7. The van der Waals surface area contributed by atoms with E-state index in [1.807, 2.05) is 36.6 Å². The first-order chi connectivity index (χ1) is 19.5. The van der Waals surface area contributed by atoms with Gasteiger partial charge in [0.1, 0.15) is 18.7 Å². The van der Waals surface area contributed by atoms with Gasteiger partial charge in [0.15, 0.2) is 0 Å². The van der Waals surface area contributed by atoms with Crippen molar-refractivity contribution in [2.75, 3.05) is 19.3 Å². The molecule has 4 heterocycles. The summed E-state index contributed by atoms with van der Waals surface area (Å²) in [5.41, 5.74) is 3.59. The number of benzene rings is 2. The van der Waals surface area contributed by atoms with Gasteiger partial charge in [-0.15, -0.1) is 0 Å². The Balaban J connectivity index is 1.53. The molecule has 6 rings (SSSR count). The van der Waals surface area contributed by atoms with Crippen molar-refractivity contribution in [3.8, 4) is 16.9 Å². The molecule has 0 unspecified atom stereocenters. The summed E-state index contributed by atoms with van der Waals surface area (Å²) in [6, 6.07) is 11.8. The van der Waals surface area contributed by atoms with Crippen molar-refractivity contribution in [2.24, 2.45) is 0 Å². The Kier molecular flexibility index (Phi) is 5.07. The molecule has 0 radical (unpaired) electrons. The molecule has 2 bridgehead atoms. The molecule has 10 heteroatoms. The molecule has 0 N–H and O–H groups in total. The van der Waals surface area contributed by atoms with Gasteiger partial charge >= 0.3 is 6.61 Å². The van der Waals surface area contributed by atoms with Crippen LogP contribution in [0.5, 0.6) is 5.75 Å². The minimum absolute atomic E-state index is 0.00602. The predicted molar refractivity (Wildman–Crippen MR) is 142 cm³/mol. The van der Waals surface area contributed by atoms with Crippen LogP contribution in [0.15, 0.2) is 54.7 Å². The van der Waals surface area contributed by atoms with E-state index in [0.717, 1.165) is 16.0 Å². The van der Waals surface area contributed by atoms with Crippen molar-refractivity contribution in [2.45, 2.75) is 39.0 Å². The molecule has 0 aliphatic carbocycles. The molecule has 2 aromatic carbocycles. The first-order valence-electron chi connectivity index (χ1n) is 13.9. The van der Waals surface area contributed by atoms with Crippen LogP contribution in [0.2, 0.25) is 0 Å². The summed E-state index contributed by atoms with van der Waals surface area (Å²) in [6.45, 7) is -2.14. The number of amides is 1. The average Bonchev–Trinajstić information content (AvgIpc) is 3.44. The number of imidazole rings is 1. The van der Waals surface area contributed by atoms with Gasteiger partial charge in [0, 0.05) is 52.7 Å². The van der Waals surface area contributed by atoms with Crippen molar-refractivity contribution in [1.82, 2.24) is 19.4 Å². The molecule has 1 amide bonds. The normalized spacial score (nSPS) is 20.1. The van der Waals surface area contributed by atoms with E-state index in [1.165, 1.54) is 18.2 Å². The fourth-order valence-corrected chi connectivity index (χ4v) is 7.34. The Labute approximate surface area is 223 Å². The second-order valence-corrected chi connectivity index (χ2v) is 13.0. The number of nitrogens with zero attached hydrogens (tertiary/aromatic N) is 4. The van der Waals surface area contributed by atoms with Crippen LogP contribution in [0.25, 0.3) is 22.2 Å². The summed E-state index contributed by atoms with van der Waals surface area (Å²) in [7, 11) is -2.54. The molecule has 4 aromatic rings. The number of aromatic nitrogens is 3. The van der Waals surface area contributed by atoms with Gasteiger partial charge in [-0.3, -0.25) is 9.78 Å². The Bertz CT molecular complexity index is 1720. The Morgan fingerprint density at radius 2 is 1.92 bits per heavy atom. The van der Waals surface area contributed by atoms with E-state index >= 15 is 0 Å². The van der Waals surface area contributed by atoms with Crippen molar-refractivity contribution in [3.05, 3.63) is 71.7 Å². The molecule has 0 spiro atoms. The van der Waals surface area contributed by atoms with Gasteiger partial charge in [-0.05, 0) is 35.9 Å². The van der Waals surface area contributed by atoms with Crippen LogP contribution in [0.4, 0.5) is 8.78 Å². The summed E-state index contributed by atoms with van der Waals surface area (Å²) in [4.78, 5) is 23.6. The van der Waals surface area contributed by atoms with E-state index in [4.69, 9.17) is 13.8 Å². The quantitative estimate of drug-likeness (QED) is 0.288. The van der Waals surface area contributed by atoms with Crippen LogP contribution in [-0.2, 0) is 4.57 Å². The van der Waals surface area contributed by atoms with E-state index in [0.29, 0.717) is 34.6 Å². The summed E-state index contributed by atoms with van der Waals surface area (Å²) in [5.74, 6) is -0.595. The van der Waals surface area contributed by atoms with Crippen molar-refractivity contribution >= 4 is 29.5 Å². The molecule has 2 atom stereocenters. The van der Waals surface area contributed by atoms with E-state index in [2.05, 4.69) is 4.98 Å². The summed E-state index contributed by atoms with van der Waals surface area (Å²) < 4.78 is 71.1. The Morgan fingerprint density at radius 1 is 1.13 bits per heavy atom. The third-order valence-electron chi connectivity index (χ3n) is 7.67. The number of rotatable bonds is 6. The first-order valence-corrected chi connectivity index (χ1v) is 14.5. The second kappa shape index (κ2) is 9.02. The average molecular weight is 540 g/mol. The maximum atomic E-state index is 13.6. The van der Waals surface area contributed by atoms with Crippen LogP contribution in [0, 0.1) is 0 Å². The molecule has 7 nitrogen and oxygen atoms in total. The van der Waals surface area contributed by atoms with E-state index in [1.54, 1.807) is 18.3 Å². The molecule has 0 fully saturated rings. The lowest BCUT2D eigenvalue weighted by molar-refractivity contribution is -0.0507. The van der Waals surface area contributed by atoms with E-state index in [-0.39, 0.29) is 23.3 Å². The topological polar surface area (TPSA) is 77.3 Å². The highest BCUT2D eigenvalue weighted by Crippen LogP contribution is 2.50. The molecule has 2 aliphatic rings. The zero-order valence-electron chi connectivity index (χ0n) is 23.8. The number of fused-ring (bicyclic) bond motifs is 9. The fraction of sp³-hybridized carbons (Fsp3) is 0.321. The van der Waals surface area contributed by atoms with Crippen LogP contribution in [0.3, 0.4) is 0 Å². The van der Waals surface area contributed by atoms with Gasteiger partial charge < -0.3 is 18.8 Å². The Hall–Kier alpha value is -3.58. The van der Waals surface area contributed by atoms with Crippen molar-refractivity contribution < 1.29 is 27.0 Å². The second-order valence-electron chi connectivity index (χ2n) is 9.51. The molecule has 2 aliphatic heterocycles. The van der Waals surface area contributed by atoms with Crippen LogP contribution in [0.1, 0.15) is 58.2 Å². The minimum atomic E-state index is -3.13. The Morgan fingerprint density at radius 3 is 2.61 bits per heavy atom. The highest BCUT2D eigenvalue weighted by atomic mass is 31.2. The minimum Gasteiger partial charge on any atom is -0.434 e. The van der Waals surface area contributed by atoms with Crippen molar-refractivity contribution in [3.63, 3.8) is 0 Å². The predicted octanol–water partition coefficient (Wildman–Crippen LogP) is 5.85. The molecule has 2 aromatic heterocycles. The van der Waals surface area contributed by atoms with Crippen LogP contribution < -0.4 is 10.2 Å². The molecular formula is C28H27F2N4O3P. The molecule has 0 saturated carbocycles. The number of carbonyl (C=O) groups is 1. The SMILES string of the molecule is [2H]C([2H])([2H])N1C(=O)c2cccc(OC(F)F)c2[C@H]2C[C@@H]1c1nc3ccc(-c4ccc(P(=O)(CC)CC)nc4)cc3n12. The fourth-order valence-electron chi connectivity index (χ4n) is 5.63. The lowest BCUT2D eigenvalue weighted by Gasteiger charge is -2.24. The summed E-state index contributed by atoms with van der Waals surface area (Å²) in [6.07, 6.45) is 2.88. The first kappa shape index (κ1) is 21.4. The number of pyridine rings is 1. The smallest absolute Gasteiger partial charge is 0.387 e. The van der Waals surface area contributed by atoms with E-state index in [9.17, 15) is 18.1 Å². The van der Waals surface area contributed by atoms with Gasteiger partial charge in [0.05, 0.1) is 28.6 Å². The standard InChI is InChI=1S/C28H27F2N4O3P/c1-4-38(36,5-2)24-12-10-17(15-31-24)16-9-11-19-20(13-16)34-21-14-22(26(34)32-19)33(3)27(35)18-7-6-8-23(25(18)21)37-28(29)30/h6-13,15,21-22,28H,4-5,14H2,1-3H3/t21-,22-/m1/s1/i3D3. The number of ether oxygens (including phenoxy) is 1. The summed E-state index contributed by atoms with van der Waals surface area (Å²) in [5, 5.41) is 0. The summed E-state index contributed by atoms with van der Waals surface area (Å²) >= 11 is 0. The highest BCUT2D eigenvalue weighted by molar-refractivity contribution is 7.71. The van der Waals surface area contributed by atoms with Gasteiger partial charge in [-0.2, -0.15) is 8.78 Å². The van der Waals surface area contributed by atoms with Crippen molar-refractivity contribution in [1.29, 1.82) is 0 Å². The maximum Gasteiger partial charge on any atom is 0.387 e. The van der Waals surface area contributed by atoms with E-state index < -0.39 is 38.7 Å². The van der Waals surface area contributed by atoms with Gasteiger partial charge in [0.25, 0.3) is 5.91 Å². The molecule has 196 valence electrons. The van der Waals surface area contributed by atoms with Gasteiger partial charge in [0.2, 0.25) is 0 Å². The monoisotopic (exact) mass is 539 g/mol. The zero-order chi connectivity index (χ0) is 29.3. The third kappa shape index (κ3) is 3.67. The van der Waals surface area contributed by atoms with Gasteiger partial charge in [-0.25, -0.2) is 4.98 Å². The lowest BCUT2D eigenvalue weighted by Crippen LogP contribution is -2.30. The number of alkyl halides is 2. The number of hydrogen-bond acceptors (Lipinski definition) is 5. The largest absolute Gasteiger partial charge is 0.434 e. The highest BCUT2D eigenvalue weighted by Gasteiger charge is 2.45. The molecular weight excluding hydrogens is 509 g/mol. The number of carbonyl (C=O) groups excluding carboxylic acids is 1. The third-order valence-corrected chi connectivity index (χ3v) is 10.8. The molecule has 0 saturated heterocycles. The molecule has 38 heavy (non-hydrogen) atoms. The number of halogens is 2.